The molecule has 0 aromatic carbocycles. The smallest absolute Gasteiger partial charge is 0.408 e. The fourth-order valence-corrected chi connectivity index (χ4v) is 4.11. The van der Waals surface area contributed by atoms with Crippen LogP contribution in [0.3, 0.4) is 0 Å². The molecule has 0 bridgehead atoms. The van der Waals surface area contributed by atoms with Crippen molar-refractivity contribution in [2.24, 2.45) is 10.7 Å². The topological polar surface area (TPSA) is 153 Å². The van der Waals surface area contributed by atoms with Gasteiger partial charge in [0.15, 0.2) is 22.3 Å². The molecule has 0 aliphatic heterocycles. The molecule has 3 aromatic heterocycles. The van der Waals surface area contributed by atoms with E-state index in [9.17, 15) is 17.7 Å². The molecule has 4 N–H and O–H groups in total. The molecule has 11 nitrogen and oxygen atoms in total. The summed E-state index contributed by atoms with van der Waals surface area (Å²) in [6, 6.07) is 5.23. The van der Waals surface area contributed by atoms with E-state index in [2.05, 4.69) is 39.3 Å². The second-order valence-electron chi connectivity index (χ2n) is 7.10. The molecule has 0 saturated carbocycles. The second-order valence-corrected chi connectivity index (χ2v) is 8.99. The number of halogens is 3. The number of thioether (sulfide) groups is 1. The van der Waals surface area contributed by atoms with Crippen LogP contribution in [0, 0.1) is 6.92 Å². The Hall–Kier alpha value is -3.24. The van der Waals surface area contributed by atoms with Crippen LogP contribution in [0.2, 0.25) is 0 Å². The highest BCUT2D eigenvalue weighted by Crippen LogP contribution is 2.31. The number of aromatic nitrogens is 5. The van der Waals surface area contributed by atoms with Crippen LogP contribution in [0.4, 0.5) is 36.3 Å². The lowest BCUT2D eigenvalue weighted by Crippen LogP contribution is -2.26. The Bertz CT molecular complexity index is 1140. The van der Waals surface area contributed by atoms with E-state index in [-0.39, 0.29) is 11.8 Å². The SMILES string of the molecule is Cc1ccc(N(C)c2n[s+]([O-])nc2NCCCSc2nccc(NC(N)=NCC(F)(F)F)n2)cn1. The molecule has 0 fully saturated rings. The third kappa shape index (κ3) is 8.48. The molecular formula is C19H23F3N10OS2. The van der Waals surface area contributed by atoms with Crippen LogP contribution in [-0.4, -0.2) is 66.3 Å². The summed E-state index contributed by atoms with van der Waals surface area (Å²) in [5, 5.41) is 6.08. The predicted molar refractivity (Wildman–Crippen MR) is 130 cm³/mol. The minimum Gasteiger partial charge on any atom is -0.546 e. The van der Waals surface area contributed by atoms with Gasteiger partial charge in [-0.05, 0) is 31.5 Å². The molecule has 3 aromatic rings. The molecule has 1 atom stereocenters. The van der Waals surface area contributed by atoms with Crippen molar-refractivity contribution in [2.45, 2.75) is 24.7 Å². The highest BCUT2D eigenvalue weighted by atomic mass is 32.2. The number of aliphatic imine (C=N–C) groups is 1. The molecular weight excluding hydrogens is 505 g/mol. The molecule has 0 aliphatic carbocycles. The fraction of sp³-hybridized carbons (Fsp3) is 0.368. The van der Waals surface area contributed by atoms with Crippen molar-refractivity contribution in [2.75, 3.05) is 41.4 Å². The lowest BCUT2D eigenvalue weighted by molar-refractivity contribution is -0.118. The molecule has 3 heterocycles. The summed E-state index contributed by atoms with van der Waals surface area (Å²) >= 11 is -0.340. The summed E-state index contributed by atoms with van der Waals surface area (Å²) in [6.07, 6.45) is -0.582. The molecule has 3 rings (SSSR count). The van der Waals surface area contributed by atoms with E-state index >= 15 is 0 Å². The van der Waals surface area contributed by atoms with Crippen molar-refractivity contribution >= 4 is 52.0 Å². The lowest BCUT2D eigenvalue weighted by Gasteiger charge is -2.16. The van der Waals surface area contributed by atoms with Gasteiger partial charge in [0.05, 0.1) is 11.9 Å². The molecule has 0 saturated heterocycles. The van der Waals surface area contributed by atoms with Crippen molar-refractivity contribution in [1.82, 2.24) is 23.7 Å². The van der Waals surface area contributed by atoms with Crippen LogP contribution in [0.15, 0.2) is 40.7 Å². The van der Waals surface area contributed by atoms with Crippen molar-refractivity contribution in [3.8, 4) is 0 Å². The summed E-state index contributed by atoms with van der Waals surface area (Å²) in [6.45, 7) is 1.03. The molecule has 0 spiro atoms. The van der Waals surface area contributed by atoms with Gasteiger partial charge >= 0.3 is 6.18 Å². The Kier molecular flexibility index (Phi) is 9.00. The van der Waals surface area contributed by atoms with Crippen LogP contribution in [-0.2, 0) is 0 Å². The zero-order valence-electron chi connectivity index (χ0n) is 18.8. The Labute approximate surface area is 206 Å². The maximum atomic E-state index is 12.2. The van der Waals surface area contributed by atoms with Gasteiger partial charge in [-0.1, -0.05) is 11.8 Å². The minimum absolute atomic E-state index is 0.237. The van der Waals surface area contributed by atoms with Gasteiger partial charge in [0.25, 0.3) is 0 Å². The number of anilines is 4. The first-order valence-electron chi connectivity index (χ1n) is 10.2. The number of hydrogen-bond donors (Lipinski definition) is 3. The van der Waals surface area contributed by atoms with Crippen LogP contribution in [0.25, 0.3) is 0 Å². The van der Waals surface area contributed by atoms with Gasteiger partial charge in [0.1, 0.15) is 12.4 Å². The molecule has 0 radical (unpaired) electrons. The third-order valence-corrected chi connectivity index (χ3v) is 5.93. The minimum atomic E-state index is -4.44. The lowest BCUT2D eigenvalue weighted by atomic mass is 10.3. The van der Waals surface area contributed by atoms with Crippen LogP contribution >= 0.6 is 22.9 Å². The van der Waals surface area contributed by atoms with Crippen LogP contribution in [0.5, 0.6) is 0 Å². The average molecular weight is 529 g/mol. The van der Waals surface area contributed by atoms with Gasteiger partial charge < -0.3 is 25.8 Å². The van der Waals surface area contributed by atoms with Gasteiger partial charge in [0.2, 0.25) is 11.6 Å². The number of alkyl halides is 3. The van der Waals surface area contributed by atoms with E-state index in [0.29, 0.717) is 35.5 Å². The normalized spacial score (nSPS) is 12.5. The largest absolute Gasteiger partial charge is 0.546 e. The molecule has 35 heavy (non-hydrogen) atoms. The maximum Gasteiger partial charge on any atom is 0.408 e. The number of nitrogens with two attached hydrogens (primary N) is 1. The Morgan fingerprint density at radius 3 is 2.77 bits per heavy atom. The summed E-state index contributed by atoms with van der Waals surface area (Å²) in [4.78, 5) is 17.6. The van der Waals surface area contributed by atoms with Crippen molar-refractivity contribution in [3.05, 3.63) is 36.3 Å². The summed E-state index contributed by atoms with van der Waals surface area (Å²) in [5.41, 5.74) is 7.13. The Morgan fingerprint density at radius 1 is 1.26 bits per heavy atom. The summed E-state index contributed by atoms with van der Waals surface area (Å²) in [5.74, 6) is 1.36. The molecule has 1 unspecified atom stereocenters. The van der Waals surface area contributed by atoms with Crippen molar-refractivity contribution in [3.63, 3.8) is 0 Å². The molecule has 16 heteroatoms. The van der Waals surface area contributed by atoms with Gasteiger partial charge in [-0.25, -0.2) is 15.0 Å². The second kappa shape index (κ2) is 11.9. The van der Waals surface area contributed by atoms with Crippen molar-refractivity contribution < 1.29 is 17.7 Å². The first-order chi connectivity index (χ1) is 16.6. The third-order valence-electron chi connectivity index (χ3n) is 4.31. The number of aryl methyl sites for hydroxylation is 1. The number of nitrogens with one attached hydrogen (secondary N) is 2. The fourth-order valence-electron chi connectivity index (χ4n) is 2.64. The molecule has 0 aliphatic rings. The molecule has 0 amide bonds. The monoisotopic (exact) mass is 528 g/mol. The highest BCUT2D eigenvalue weighted by molar-refractivity contribution is 7.99. The summed E-state index contributed by atoms with van der Waals surface area (Å²) < 4.78 is 56.7. The summed E-state index contributed by atoms with van der Waals surface area (Å²) in [7, 11) is 1.79. The predicted octanol–water partition coefficient (Wildman–Crippen LogP) is 3.35. The number of pyridine rings is 1. The van der Waals surface area contributed by atoms with E-state index in [1.165, 1.54) is 24.0 Å². The van der Waals surface area contributed by atoms with Crippen LogP contribution < -0.4 is 21.3 Å². The Balaban J connectivity index is 1.48. The first kappa shape index (κ1) is 26.4. The highest BCUT2D eigenvalue weighted by Gasteiger charge is 2.26. The van der Waals surface area contributed by atoms with E-state index in [1.54, 1.807) is 18.1 Å². The number of hydrogen-bond acceptors (Lipinski definition) is 10. The zero-order valence-corrected chi connectivity index (χ0v) is 20.4. The van der Waals surface area contributed by atoms with Gasteiger partial charge in [-0.2, -0.15) is 13.2 Å². The number of guanidine groups is 1. The zero-order chi connectivity index (χ0) is 25.4. The quantitative estimate of drug-likeness (QED) is 0.0886. The first-order valence-corrected chi connectivity index (χ1v) is 12.3. The van der Waals surface area contributed by atoms with Gasteiger partial charge in [-0.15, -0.1) is 0 Å². The van der Waals surface area contributed by atoms with E-state index < -0.39 is 23.9 Å². The number of rotatable bonds is 10. The maximum absolute atomic E-state index is 12.2. The number of nitrogens with zero attached hydrogens (tertiary/aromatic N) is 7. The van der Waals surface area contributed by atoms with E-state index in [0.717, 1.165) is 11.4 Å². The Morgan fingerprint density at radius 2 is 2.06 bits per heavy atom. The van der Waals surface area contributed by atoms with Gasteiger partial charge in [0, 0.05) is 40.0 Å². The van der Waals surface area contributed by atoms with Crippen molar-refractivity contribution in [1.29, 1.82) is 0 Å². The average Bonchev–Trinajstić information content (AvgIpc) is 3.17. The molecule has 188 valence electrons. The van der Waals surface area contributed by atoms with E-state index in [4.69, 9.17) is 5.73 Å². The standard InChI is InChI=1S/C19H23F3N10OS2/c1-12-4-5-13(10-26-12)32(2)16-15(30-35(33)31-16)24-7-3-9-34-18-25-8-6-14(29-18)28-17(23)27-11-19(20,21)22/h4-6,8,10H,3,7,9,11H2,1-2H3,(H,24,30)(H3,23,25,27,28,29). The van der Waals surface area contributed by atoms with Crippen LogP contribution in [0.1, 0.15) is 12.1 Å². The van der Waals surface area contributed by atoms with Gasteiger partial charge in [-0.3, -0.25) is 4.98 Å². The van der Waals surface area contributed by atoms with E-state index in [1.807, 2.05) is 19.1 Å².